The smallest absolute Gasteiger partial charge is 0.129 e. The molecule has 88 valence electrons. The number of benzene rings is 1. The molecule has 1 nitrogen and oxygen atoms in total. The van der Waals surface area contributed by atoms with Gasteiger partial charge >= 0.3 is 0 Å². The summed E-state index contributed by atoms with van der Waals surface area (Å²) in [6, 6.07) is 5.25. The van der Waals surface area contributed by atoms with Gasteiger partial charge in [0.25, 0.3) is 0 Å². The lowest BCUT2D eigenvalue weighted by Crippen LogP contribution is -2.26. The predicted octanol–water partition coefficient (Wildman–Crippen LogP) is 3.76. The van der Waals surface area contributed by atoms with Crippen LogP contribution >= 0.6 is 11.6 Å². The van der Waals surface area contributed by atoms with Gasteiger partial charge in [0.1, 0.15) is 5.82 Å². The van der Waals surface area contributed by atoms with Crippen molar-refractivity contribution in [3.05, 3.63) is 34.6 Å². The lowest BCUT2D eigenvalue weighted by molar-refractivity contribution is 0.479. The van der Waals surface area contributed by atoms with Gasteiger partial charge in [0.15, 0.2) is 0 Å². The molecule has 2 rings (SSSR count). The van der Waals surface area contributed by atoms with E-state index in [2.05, 4.69) is 12.2 Å². The monoisotopic (exact) mass is 241 g/mol. The minimum absolute atomic E-state index is 0.223. The van der Waals surface area contributed by atoms with Crippen molar-refractivity contribution in [1.29, 1.82) is 0 Å². The molecular formula is C13H17ClFN. The van der Waals surface area contributed by atoms with Gasteiger partial charge in [0.2, 0.25) is 0 Å². The molecule has 1 aromatic carbocycles. The highest BCUT2D eigenvalue weighted by atomic mass is 35.5. The van der Waals surface area contributed by atoms with Crippen LogP contribution in [0.3, 0.4) is 0 Å². The SMILES string of the molecule is CC(CC1CC1)NCc1c(F)cccc1Cl. The van der Waals surface area contributed by atoms with Crippen molar-refractivity contribution in [3.8, 4) is 0 Å². The van der Waals surface area contributed by atoms with E-state index in [1.165, 1.54) is 25.3 Å². The van der Waals surface area contributed by atoms with Crippen molar-refractivity contribution in [2.75, 3.05) is 0 Å². The first-order valence-corrected chi connectivity index (χ1v) is 6.21. The van der Waals surface area contributed by atoms with E-state index in [4.69, 9.17) is 11.6 Å². The molecule has 0 bridgehead atoms. The Balaban J connectivity index is 1.87. The van der Waals surface area contributed by atoms with E-state index >= 15 is 0 Å². The molecule has 1 N–H and O–H groups in total. The van der Waals surface area contributed by atoms with Gasteiger partial charge in [-0.15, -0.1) is 0 Å². The van der Waals surface area contributed by atoms with Crippen LogP contribution in [0, 0.1) is 11.7 Å². The van der Waals surface area contributed by atoms with Gasteiger partial charge in [0, 0.05) is 23.2 Å². The van der Waals surface area contributed by atoms with Crippen molar-refractivity contribution in [1.82, 2.24) is 5.32 Å². The van der Waals surface area contributed by atoms with Crippen LogP contribution < -0.4 is 5.32 Å². The second kappa shape index (κ2) is 5.15. The van der Waals surface area contributed by atoms with Crippen molar-refractivity contribution in [2.24, 2.45) is 5.92 Å². The summed E-state index contributed by atoms with van der Waals surface area (Å²) in [4.78, 5) is 0. The Morgan fingerprint density at radius 2 is 2.25 bits per heavy atom. The zero-order valence-corrected chi connectivity index (χ0v) is 10.2. The Morgan fingerprint density at radius 3 is 2.88 bits per heavy atom. The van der Waals surface area contributed by atoms with Crippen LogP contribution in [0.15, 0.2) is 18.2 Å². The van der Waals surface area contributed by atoms with Gasteiger partial charge in [-0.3, -0.25) is 0 Å². The maximum absolute atomic E-state index is 13.5. The molecular weight excluding hydrogens is 225 g/mol. The molecule has 1 aliphatic rings. The summed E-state index contributed by atoms with van der Waals surface area (Å²) >= 11 is 5.95. The molecule has 0 radical (unpaired) electrons. The fraction of sp³-hybridized carbons (Fsp3) is 0.538. The Hall–Kier alpha value is -0.600. The third-order valence-electron chi connectivity index (χ3n) is 3.07. The third-order valence-corrected chi connectivity index (χ3v) is 3.43. The highest BCUT2D eigenvalue weighted by molar-refractivity contribution is 6.31. The Morgan fingerprint density at radius 1 is 1.50 bits per heavy atom. The third kappa shape index (κ3) is 3.19. The summed E-state index contributed by atoms with van der Waals surface area (Å²) in [6.45, 7) is 2.66. The zero-order chi connectivity index (χ0) is 11.5. The average Bonchev–Trinajstić information content (AvgIpc) is 3.01. The molecule has 1 saturated carbocycles. The second-order valence-corrected chi connectivity index (χ2v) is 5.07. The van der Waals surface area contributed by atoms with E-state index in [1.807, 2.05) is 0 Å². The number of rotatable bonds is 5. The van der Waals surface area contributed by atoms with Crippen molar-refractivity contribution in [2.45, 2.75) is 38.8 Å². The van der Waals surface area contributed by atoms with Crippen LogP contribution in [0.5, 0.6) is 0 Å². The fourth-order valence-electron chi connectivity index (χ4n) is 1.91. The predicted molar refractivity (Wildman–Crippen MR) is 65.1 cm³/mol. The average molecular weight is 242 g/mol. The van der Waals surface area contributed by atoms with Crippen LogP contribution in [0.4, 0.5) is 4.39 Å². The summed E-state index contributed by atoms with van der Waals surface area (Å²) in [6.07, 6.45) is 3.89. The van der Waals surface area contributed by atoms with Crippen LogP contribution in [-0.2, 0) is 6.54 Å². The van der Waals surface area contributed by atoms with Crippen LogP contribution in [0.25, 0.3) is 0 Å². The molecule has 0 saturated heterocycles. The van der Waals surface area contributed by atoms with Crippen LogP contribution in [-0.4, -0.2) is 6.04 Å². The van der Waals surface area contributed by atoms with Gasteiger partial charge < -0.3 is 5.32 Å². The minimum atomic E-state index is -0.223. The maximum Gasteiger partial charge on any atom is 0.129 e. The van der Waals surface area contributed by atoms with E-state index in [-0.39, 0.29) is 5.82 Å². The first-order chi connectivity index (χ1) is 7.66. The quantitative estimate of drug-likeness (QED) is 0.828. The number of hydrogen-bond donors (Lipinski definition) is 1. The van der Waals surface area contributed by atoms with Gasteiger partial charge in [0.05, 0.1) is 0 Å². The Bertz CT molecular complexity index is 343. The summed E-state index contributed by atoms with van der Waals surface area (Å²) in [7, 11) is 0. The molecule has 1 aromatic rings. The molecule has 1 fully saturated rings. The van der Waals surface area contributed by atoms with Gasteiger partial charge in [-0.05, 0) is 31.4 Å². The van der Waals surface area contributed by atoms with E-state index in [9.17, 15) is 4.39 Å². The molecule has 3 heteroatoms. The maximum atomic E-state index is 13.5. The van der Waals surface area contributed by atoms with E-state index < -0.39 is 0 Å². The Labute approximate surface area is 101 Å². The van der Waals surface area contributed by atoms with E-state index in [0.29, 0.717) is 23.2 Å². The summed E-state index contributed by atoms with van der Waals surface area (Å²) in [5.41, 5.74) is 0.576. The molecule has 0 aliphatic heterocycles. The number of nitrogens with one attached hydrogen (secondary N) is 1. The van der Waals surface area contributed by atoms with Crippen molar-refractivity contribution < 1.29 is 4.39 Å². The molecule has 16 heavy (non-hydrogen) atoms. The number of hydrogen-bond acceptors (Lipinski definition) is 1. The van der Waals surface area contributed by atoms with Crippen LogP contribution in [0.2, 0.25) is 5.02 Å². The molecule has 0 amide bonds. The van der Waals surface area contributed by atoms with E-state index in [0.717, 1.165) is 5.92 Å². The van der Waals surface area contributed by atoms with Crippen molar-refractivity contribution >= 4 is 11.6 Å². The van der Waals surface area contributed by atoms with Gasteiger partial charge in [-0.1, -0.05) is 30.5 Å². The standard InChI is InChI=1S/C13H17ClFN/c1-9(7-10-5-6-10)16-8-11-12(14)3-2-4-13(11)15/h2-4,9-10,16H,5-8H2,1H3. The fourth-order valence-corrected chi connectivity index (χ4v) is 2.14. The summed E-state index contributed by atoms with van der Waals surface area (Å²) in [5, 5.41) is 3.83. The largest absolute Gasteiger partial charge is 0.310 e. The van der Waals surface area contributed by atoms with Gasteiger partial charge in [-0.25, -0.2) is 4.39 Å². The lowest BCUT2D eigenvalue weighted by Gasteiger charge is -2.14. The first kappa shape index (κ1) is 11.9. The number of halogens is 2. The highest BCUT2D eigenvalue weighted by Crippen LogP contribution is 2.33. The van der Waals surface area contributed by atoms with E-state index in [1.54, 1.807) is 12.1 Å². The summed E-state index contributed by atoms with van der Waals surface area (Å²) in [5.74, 6) is 0.664. The second-order valence-electron chi connectivity index (χ2n) is 4.66. The topological polar surface area (TPSA) is 12.0 Å². The molecule has 0 aromatic heterocycles. The van der Waals surface area contributed by atoms with Crippen molar-refractivity contribution in [3.63, 3.8) is 0 Å². The normalized spacial score (nSPS) is 17.4. The first-order valence-electron chi connectivity index (χ1n) is 5.83. The molecule has 0 heterocycles. The lowest BCUT2D eigenvalue weighted by atomic mass is 10.1. The minimum Gasteiger partial charge on any atom is -0.310 e. The zero-order valence-electron chi connectivity index (χ0n) is 9.47. The molecule has 1 atom stereocenters. The Kier molecular flexibility index (Phi) is 3.82. The highest BCUT2D eigenvalue weighted by Gasteiger charge is 2.23. The van der Waals surface area contributed by atoms with Gasteiger partial charge in [-0.2, -0.15) is 0 Å². The molecule has 1 unspecified atom stereocenters. The molecule has 0 spiro atoms. The summed E-state index contributed by atoms with van der Waals surface area (Å²) < 4.78 is 13.5. The molecule has 1 aliphatic carbocycles. The van der Waals surface area contributed by atoms with Crippen LogP contribution in [0.1, 0.15) is 31.7 Å².